The van der Waals surface area contributed by atoms with Crippen molar-refractivity contribution in [3.63, 3.8) is 0 Å². The van der Waals surface area contributed by atoms with E-state index in [1.807, 2.05) is 0 Å². The van der Waals surface area contributed by atoms with Crippen molar-refractivity contribution in [2.45, 2.75) is 469 Å². The second-order valence-corrected chi connectivity index (χ2v) is 48.3. The van der Waals surface area contributed by atoms with Crippen LogP contribution in [0.1, 0.15) is 469 Å². The highest BCUT2D eigenvalue weighted by Crippen LogP contribution is 2.54. The Kier molecular flexibility index (Phi) is 37.7. The van der Waals surface area contributed by atoms with Crippen molar-refractivity contribution in [3.05, 3.63) is 0 Å². The molecular formula is C108H199N9O2. The molecule has 11 aliphatic heterocycles. The number of hydrogen-bond acceptors (Lipinski definition) is 11. The number of piperidine rings is 2. The number of rotatable bonds is 0. The topological polar surface area (TPSA) is 127 Å². The highest BCUT2D eigenvalue weighted by molar-refractivity contribution is 5.02. The van der Waals surface area contributed by atoms with Crippen molar-refractivity contribution in [2.75, 3.05) is 144 Å². The largest absolute Gasteiger partial charge is 0.381 e. The van der Waals surface area contributed by atoms with Crippen molar-refractivity contribution in [2.24, 2.45) is 70.4 Å². The van der Waals surface area contributed by atoms with Gasteiger partial charge in [-0.05, 0) is 368 Å². The van der Waals surface area contributed by atoms with E-state index in [1.54, 1.807) is 51.4 Å². The smallest absolute Gasteiger partial charge is 0.0544 e. The zero-order chi connectivity index (χ0) is 81.5. The maximum atomic E-state index is 5.40. The van der Waals surface area contributed by atoms with Gasteiger partial charge in [0.05, 0.1) is 13.2 Å². The van der Waals surface area contributed by atoms with Crippen molar-refractivity contribution < 1.29 is 9.47 Å². The van der Waals surface area contributed by atoms with E-state index in [0.29, 0.717) is 5.41 Å². The van der Waals surface area contributed by atoms with Gasteiger partial charge in [-0.2, -0.15) is 0 Å². The molecule has 0 bridgehead atoms. The summed E-state index contributed by atoms with van der Waals surface area (Å²) in [6.45, 7) is 27.6. The molecule has 11 saturated heterocycles. The van der Waals surface area contributed by atoms with Gasteiger partial charge in [-0.3, -0.25) is 0 Å². The zero-order valence-corrected chi connectivity index (χ0v) is 79.0. The van der Waals surface area contributed by atoms with Crippen LogP contribution in [0, 0.1) is 70.4 Å². The summed E-state index contributed by atoms with van der Waals surface area (Å²) >= 11 is 0. The van der Waals surface area contributed by atoms with Crippen molar-refractivity contribution in [1.29, 1.82) is 0 Å². The maximum Gasteiger partial charge on any atom is 0.0544 e. The standard InChI is InChI=1S/3C10H19N.C10H18O.C10H18.C9H16.2C8H15N.2C7H13N.C7H12O.2C6H11N/c1-2-6-10(5-1)7-3-4-8-11-9-10;3*1-2-4-10(5-3-1)6-8-11-9-7-10;1-2-6-10(7-3-1)8-4-5-9-10;1-2-5-9(6-3-1)7-4-8-9;2*1-2-4-8(3-1)5-6-9-7-8;3*1-2-4-7(3-1)5-8-6-7;2*1-2-6(3-1)4-7-5-6/h3*11H,1-9H2;1-9H2;1-9H2;1-8H2;2*9H,1-7H2;2*8H,1-6H2;1-6H2;2*7H,1-5H2. The van der Waals surface area contributed by atoms with Gasteiger partial charge in [0.1, 0.15) is 0 Å². The molecule has 0 aromatic carbocycles. The van der Waals surface area contributed by atoms with Crippen molar-refractivity contribution in [3.8, 4) is 0 Å². The van der Waals surface area contributed by atoms with Crippen LogP contribution >= 0.6 is 0 Å². The second kappa shape index (κ2) is 47.4. The van der Waals surface area contributed by atoms with Crippen molar-refractivity contribution >= 4 is 0 Å². The molecule has 15 aliphatic carbocycles. The van der Waals surface area contributed by atoms with Gasteiger partial charge in [0.25, 0.3) is 0 Å². The number of hydrogen-bond donors (Lipinski definition) is 9. The third kappa shape index (κ3) is 28.3. The van der Waals surface area contributed by atoms with Crippen LogP contribution in [0.3, 0.4) is 0 Å². The SMILES string of the molecule is C1CC2(C1)CNC2.C1CC2(C1)CNC2.C1CCC2(C1)CCNC2.C1CCC2(C1)CCNC2.C1CCC2(C1)CNC2.C1CCC2(C1)CNC2.C1CCC2(C1)COC2.C1CCC2(CC1)CCC2.C1CCC2(CC1)CCCC2.C1CCC2(CC1)CCNCC2.C1CCC2(CC1)CCNCC2.C1CCC2(CC1)CCOCC2.C1CCC2(CCCC2)CNC1. The van der Waals surface area contributed by atoms with Crippen molar-refractivity contribution in [1.82, 2.24) is 47.9 Å². The van der Waals surface area contributed by atoms with Crippen LogP contribution in [0.25, 0.3) is 0 Å². The van der Waals surface area contributed by atoms with Gasteiger partial charge < -0.3 is 57.3 Å². The summed E-state index contributed by atoms with van der Waals surface area (Å²) in [7, 11) is 0. The van der Waals surface area contributed by atoms with Gasteiger partial charge in [0.2, 0.25) is 0 Å². The molecule has 0 radical (unpaired) electrons. The predicted molar refractivity (Wildman–Crippen MR) is 506 cm³/mol. The Bertz CT molecular complexity index is 2330. The summed E-state index contributed by atoms with van der Waals surface area (Å²) in [4.78, 5) is 0. The maximum absolute atomic E-state index is 5.40. The third-order valence-corrected chi connectivity index (χ3v) is 39.6. The Morgan fingerprint density at radius 3 is 0.487 bits per heavy atom. The summed E-state index contributed by atoms with van der Waals surface area (Å²) in [5.74, 6) is 0. The minimum atomic E-state index is 0.694. The third-order valence-electron chi connectivity index (χ3n) is 39.6. The lowest BCUT2D eigenvalue weighted by Crippen LogP contribution is -2.57. The van der Waals surface area contributed by atoms with E-state index in [4.69, 9.17) is 9.47 Å². The molecule has 119 heavy (non-hydrogen) atoms. The monoisotopic (exact) mass is 1650 g/mol. The van der Waals surface area contributed by atoms with Gasteiger partial charge in [-0.1, -0.05) is 212 Å². The van der Waals surface area contributed by atoms with Gasteiger partial charge in [-0.25, -0.2) is 0 Å². The molecule has 0 amide bonds. The van der Waals surface area contributed by atoms with Gasteiger partial charge in [-0.15, -0.1) is 0 Å². The van der Waals surface area contributed by atoms with E-state index >= 15 is 0 Å². The van der Waals surface area contributed by atoms with Crippen LogP contribution in [0.4, 0.5) is 0 Å². The lowest BCUT2D eigenvalue weighted by molar-refractivity contribution is -0.108. The van der Waals surface area contributed by atoms with Crippen LogP contribution in [-0.2, 0) is 9.47 Å². The average molecular weight is 1660 g/mol. The summed E-state index contributed by atoms with van der Waals surface area (Å²) in [5.41, 5.74) is 10.4. The molecule has 26 fully saturated rings. The Morgan fingerprint density at radius 2 is 0.286 bits per heavy atom. The highest BCUT2D eigenvalue weighted by atomic mass is 16.5. The normalized spacial score (nSPS) is 31.9. The van der Waals surface area contributed by atoms with E-state index in [0.717, 1.165) is 91.4 Å². The summed E-state index contributed by atoms with van der Waals surface area (Å²) in [5, 5.41) is 30.7. The van der Waals surface area contributed by atoms with Crippen LogP contribution in [0.2, 0.25) is 0 Å². The van der Waals surface area contributed by atoms with Crippen LogP contribution < -0.4 is 47.9 Å². The number of nitrogens with one attached hydrogen (secondary N) is 9. The lowest BCUT2D eigenvalue weighted by atomic mass is 9.61. The molecular weight excluding hydrogens is 1460 g/mol. The molecule has 11 nitrogen and oxygen atoms in total. The van der Waals surface area contributed by atoms with E-state index in [-0.39, 0.29) is 0 Å². The summed E-state index contributed by atoms with van der Waals surface area (Å²) < 4.78 is 10.6. The van der Waals surface area contributed by atoms with Crippen LogP contribution in [-0.4, -0.2) is 144 Å². The zero-order valence-electron chi connectivity index (χ0n) is 79.0. The van der Waals surface area contributed by atoms with E-state index < -0.39 is 0 Å². The van der Waals surface area contributed by atoms with Gasteiger partial charge >= 0.3 is 0 Å². The molecule has 0 unspecified atom stereocenters. The molecule has 15 saturated carbocycles. The Hall–Kier alpha value is -0.440. The van der Waals surface area contributed by atoms with Gasteiger partial charge in [0, 0.05) is 90.6 Å². The molecule has 11 heterocycles. The minimum absolute atomic E-state index is 0.694. The molecule has 26 rings (SSSR count). The van der Waals surface area contributed by atoms with Crippen LogP contribution in [0.5, 0.6) is 0 Å². The van der Waals surface area contributed by atoms with E-state index in [2.05, 4.69) is 47.9 Å². The van der Waals surface area contributed by atoms with E-state index in [9.17, 15) is 0 Å². The fourth-order valence-corrected chi connectivity index (χ4v) is 29.7. The van der Waals surface area contributed by atoms with Crippen LogP contribution in [0.15, 0.2) is 0 Å². The summed E-state index contributed by atoms with van der Waals surface area (Å²) in [6.07, 6.45) is 109. The summed E-state index contributed by atoms with van der Waals surface area (Å²) in [6, 6.07) is 0. The molecule has 688 valence electrons. The van der Waals surface area contributed by atoms with Gasteiger partial charge in [0.15, 0.2) is 0 Å². The Morgan fingerprint density at radius 1 is 0.109 bits per heavy atom. The average Bonchev–Trinajstić information content (AvgIpc) is 1.17. The fraction of sp³-hybridized carbons (Fsp3) is 1.00. The van der Waals surface area contributed by atoms with E-state index in [1.165, 1.54) is 535 Å². The minimum Gasteiger partial charge on any atom is -0.381 e. The fourth-order valence-electron chi connectivity index (χ4n) is 29.7. The Labute approximate surface area is 736 Å². The first kappa shape index (κ1) is 94.7. The molecule has 26 aliphatic rings. The number of ether oxygens (including phenoxy) is 2. The second-order valence-electron chi connectivity index (χ2n) is 48.3. The molecule has 0 aromatic rings. The lowest BCUT2D eigenvalue weighted by Gasteiger charge is -2.49. The molecule has 11 heteroatoms. The molecule has 9 N–H and O–H groups in total. The molecule has 13 spiro atoms. The highest BCUT2D eigenvalue weighted by Gasteiger charge is 2.47. The first-order chi connectivity index (χ1) is 58.4. The quantitative estimate of drug-likeness (QED) is 0.115. The molecule has 0 aromatic heterocycles. The predicted octanol–water partition coefficient (Wildman–Crippen LogP) is 24.8. The Balaban J connectivity index is 0.000000106. The first-order valence-electron chi connectivity index (χ1n) is 54.9. The first-order valence-corrected chi connectivity index (χ1v) is 54.9. The molecule has 0 atom stereocenters.